The van der Waals surface area contributed by atoms with E-state index in [-0.39, 0.29) is 17.9 Å². The minimum atomic E-state index is -0.319. The fraction of sp³-hybridized carbons (Fsp3) is 0.862. The zero-order valence-electron chi connectivity index (χ0n) is 22.6. The standard InChI is InChI=1S/C29H54O4/c1-6-9-12-14-16-19-22-32-28(30)26(21-18-11-8-3)27(24-25(4)5)29(31)33-23-20-17-15-13-10-7-2/h25H,6-24H2,1-5H3/b27-26-. The fourth-order valence-corrected chi connectivity index (χ4v) is 3.93. The first kappa shape index (κ1) is 31.7. The fourth-order valence-electron chi connectivity index (χ4n) is 3.93. The molecule has 0 fully saturated rings. The number of hydrogen-bond donors (Lipinski definition) is 0. The molecule has 0 heterocycles. The lowest BCUT2D eigenvalue weighted by Gasteiger charge is -2.16. The van der Waals surface area contributed by atoms with E-state index in [1.807, 2.05) is 0 Å². The lowest BCUT2D eigenvalue weighted by atomic mass is 9.94. The molecule has 4 heteroatoms. The highest BCUT2D eigenvalue weighted by Crippen LogP contribution is 2.23. The van der Waals surface area contributed by atoms with E-state index >= 15 is 0 Å². The van der Waals surface area contributed by atoms with Crippen molar-refractivity contribution in [1.82, 2.24) is 0 Å². The summed E-state index contributed by atoms with van der Waals surface area (Å²) in [6.45, 7) is 11.6. The second-order valence-corrected chi connectivity index (χ2v) is 9.82. The summed E-state index contributed by atoms with van der Waals surface area (Å²) < 4.78 is 11.3. The average molecular weight is 467 g/mol. The monoisotopic (exact) mass is 466 g/mol. The highest BCUT2D eigenvalue weighted by molar-refractivity contribution is 6.00. The predicted octanol–water partition coefficient (Wildman–Crippen LogP) is 8.72. The van der Waals surface area contributed by atoms with E-state index in [0.29, 0.717) is 37.2 Å². The van der Waals surface area contributed by atoms with Gasteiger partial charge in [0.1, 0.15) is 0 Å². The summed E-state index contributed by atoms with van der Waals surface area (Å²) in [5, 5.41) is 0. The van der Waals surface area contributed by atoms with Crippen LogP contribution in [0.5, 0.6) is 0 Å². The molecule has 0 aliphatic heterocycles. The topological polar surface area (TPSA) is 52.6 Å². The molecule has 0 atom stereocenters. The van der Waals surface area contributed by atoms with E-state index in [4.69, 9.17) is 9.47 Å². The van der Waals surface area contributed by atoms with Gasteiger partial charge in [-0.1, -0.05) is 112 Å². The van der Waals surface area contributed by atoms with Gasteiger partial charge in [-0.15, -0.1) is 0 Å². The second kappa shape index (κ2) is 22.5. The van der Waals surface area contributed by atoms with E-state index in [0.717, 1.165) is 44.9 Å². The number of carbonyl (C=O) groups is 2. The Kier molecular flexibility index (Phi) is 21.6. The maximum atomic E-state index is 13.0. The Hall–Kier alpha value is -1.32. The van der Waals surface area contributed by atoms with E-state index in [1.54, 1.807) is 0 Å². The van der Waals surface area contributed by atoms with E-state index in [1.165, 1.54) is 51.4 Å². The van der Waals surface area contributed by atoms with Crippen molar-refractivity contribution in [2.45, 2.75) is 144 Å². The molecular weight excluding hydrogens is 412 g/mol. The molecule has 0 unspecified atom stereocenters. The van der Waals surface area contributed by atoms with Gasteiger partial charge in [0.2, 0.25) is 0 Å². The smallest absolute Gasteiger partial charge is 0.334 e. The van der Waals surface area contributed by atoms with Crippen molar-refractivity contribution >= 4 is 11.9 Å². The minimum absolute atomic E-state index is 0.272. The van der Waals surface area contributed by atoms with Crippen molar-refractivity contribution < 1.29 is 19.1 Å². The van der Waals surface area contributed by atoms with Crippen molar-refractivity contribution in [2.75, 3.05) is 13.2 Å². The van der Waals surface area contributed by atoms with Crippen LogP contribution in [-0.2, 0) is 19.1 Å². The summed E-state index contributed by atoms with van der Waals surface area (Å²) in [4.78, 5) is 26.0. The molecule has 0 spiro atoms. The Morgan fingerprint density at radius 2 is 0.939 bits per heavy atom. The van der Waals surface area contributed by atoms with Crippen LogP contribution in [0.4, 0.5) is 0 Å². The van der Waals surface area contributed by atoms with Crippen LogP contribution in [-0.4, -0.2) is 25.2 Å². The van der Waals surface area contributed by atoms with Gasteiger partial charge in [0.15, 0.2) is 0 Å². The lowest BCUT2D eigenvalue weighted by Crippen LogP contribution is -2.19. The molecule has 0 aromatic heterocycles. The van der Waals surface area contributed by atoms with Crippen LogP contribution in [0.3, 0.4) is 0 Å². The van der Waals surface area contributed by atoms with Gasteiger partial charge in [0.05, 0.1) is 13.2 Å². The third-order valence-electron chi connectivity index (χ3n) is 5.96. The van der Waals surface area contributed by atoms with Gasteiger partial charge in [0.25, 0.3) is 0 Å². The van der Waals surface area contributed by atoms with Crippen LogP contribution >= 0.6 is 0 Å². The van der Waals surface area contributed by atoms with Crippen LogP contribution in [0.15, 0.2) is 11.1 Å². The van der Waals surface area contributed by atoms with Crippen LogP contribution in [0.1, 0.15) is 144 Å². The van der Waals surface area contributed by atoms with Gasteiger partial charge in [-0.2, -0.15) is 0 Å². The van der Waals surface area contributed by atoms with Crippen molar-refractivity contribution in [2.24, 2.45) is 5.92 Å². The first-order chi connectivity index (χ1) is 16.0. The Balaban J connectivity index is 4.99. The number of hydrogen-bond acceptors (Lipinski definition) is 4. The van der Waals surface area contributed by atoms with Gasteiger partial charge in [0, 0.05) is 11.1 Å². The summed E-state index contributed by atoms with van der Waals surface area (Å²) in [6.07, 6.45) is 18.0. The van der Waals surface area contributed by atoms with Crippen LogP contribution in [0, 0.1) is 5.92 Å². The number of esters is 2. The molecule has 4 nitrogen and oxygen atoms in total. The first-order valence-electron chi connectivity index (χ1n) is 14.0. The summed E-state index contributed by atoms with van der Waals surface area (Å²) in [6, 6.07) is 0. The summed E-state index contributed by atoms with van der Waals surface area (Å²) in [5.74, 6) is -0.360. The maximum Gasteiger partial charge on any atom is 0.334 e. The van der Waals surface area contributed by atoms with Crippen LogP contribution < -0.4 is 0 Å². The van der Waals surface area contributed by atoms with E-state index in [9.17, 15) is 9.59 Å². The minimum Gasteiger partial charge on any atom is -0.462 e. The number of ether oxygens (including phenoxy) is 2. The van der Waals surface area contributed by atoms with Crippen LogP contribution in [0.2, 0.25) is 0 Å². The zero-order valence-corrected chi connectivity index (χ0v) is 22.6. The molecular formula is C29H54O4. The number of unbranched alkanes of at least 4 members (excludes halogenated alkanes) is 12. The van der Waals surface area contributed by atoms with Crippen molar-refractivity contribution in [3.05, 3.63) is 11.1 Å². The van der Waals surface area contributed by atoms with Crippen LogP contribution in [0.25, 0.3) is 0 Å². The van der Waals surface area contributed by atoms with Crippen molar-refractivity contribution in [1.29, 1.82) is 0 Å². The Bertz CT molecular complexity index is 522. The Labute approximate surface area is 205 Å². The van der Waals surface area contributed by atoms with Gasteiger partial charge in [-0.25, -0.2) is 9.59 Å². The average Bonchev–Trinajstić information content (AvgIpc) is 2.79. The molecule has 0 saturated heterocycles. The summed E-state index contributed by atoms with van der Waals surface area (Å²) in [7, 11) is 0. The third-order valence-corrected chi connectivity index (χ3v) is 5.96. The van der Waals surface area contributed by atoms with Gasteiger partial charge >= 0.3 is 11.9 Å². The molecule has 0 aliphatic rings. The molecule has 0 bridgehead atoms. The lowest BCUT2D eigenvalue weighted by molar-refractivity contribution is -0.142. The summed E-state index contributed by atoms with van der Waals surface area (Å²) >= 11 is 0. The molecule has 0 amide bonds. The van der Waals surface area contributed by atoms with Crippen molar-refractivity contribution in [3.63, 3.8) is 0 Å². The van der Waals surface area contributed by atoms with Crippen molar-refractivity contribution in [3.8, 4) is 0 Å². The molecule has 0 aliphatic carbocycles. The van der Waals surface area contributed by atoms with Gasteiger partial charge < -0.3 is 9.47 Å². The number of carbonyl (C=O) groups excluding carboxylic acids is 2. The first-order valence-corrected chi connectivity index (χ1v) is 14.0. The molecule has 0 aromatic rings. The normalized spacial score (nSPS) is 12.1. The quantitative estimate of drug-likeness (QED) is 0.0909. The molecule has 0 radical (unpaired) electrons. The number of rotatable bonds is 22. The highest BCUT2D eigenvalue weighted by Gasteiger charge is 2.24. The SMILES string of the molecule is CCCCCCCCOC(=O)/C(CCCCC)=C(/CC(C)C)C(=O)OCCCCCCCC. The molecule has 0 aromatic carbocycles. The largest absolute Gasteiger partial charge is 0.462 e. The third kappa shape index (κ3) is 17.8. The van der Waals surface area contributed by atoms with Gasteiger partial charge in [-0.05, 0) is 38.0 Å². The predicted molar refractivity (Wildman–Crippen MR) is 139 cm³/mol. The molecule has 0 rings (SSSR count). The highest BCUT2D eigenvalue weighted by atomic mass is 16.5. The Morgan fingerprint density at radius 3 is 1.39 bits per heavy atom. The molecule has 0 saturated carbocycles. The van der Waals surface area contributed by atoms with E-state index in [2.05, 4.69) is 34.6 Å². The maximum absolute atomic E-state index is 13.0. The zero-order chi connectivity index (χ0) is 24.7. The molecule has 194 valence electrons. The summed E-state index contributed by atoms with van der Waals surface area (Å²) in [5.41, 5.74) is 1.09. The molecule has 33 heavy (non-hydrogen) atoms. The second-order valence-electron chi connectivity index (χ2n) is 9.82. The van der Waals surface area contributed by atoms with E-state index < -0.39 is 0 Å². The van der Waals surface area contributed by atoms with Gasteiger partial charge in [-0.3, -0.25) is 0 Å². The Morgan fingerprint density at radius 1 is 0.545 bits per heavy atom. The molecule has 0 N–H and O–H groups in total.